The molecule has 0 N–H and O–H groups in total. The van der Waals surface area contributed by atoms with Crippen molar-refractivity contribution in [1.29, 1.82) is 0 Å². The van der Waals surface area contributed by atoms with Gasteiger partial charge in [-0.15, -0.1) is 0 Å². The largest absolute Gasteiger partial charge is 0.370 e. The fourth-order valence-electron chi connectivity index (χ4n) is 3.81. The summed E-state index contributed by atoms with van der Waals surface area (Å²) in [5.74, 6) is 0. The number of benzene rings is 1. The molecule has 0 spiro atoms. The standard InChI is InChI=1S/C18H28N2/c1-18(2,3)16-9-4-5-10-17(16)20-13-7-12-19-11-6-8-15(19)14-20/h4-5,9-10,15H,6-8,11-14H2,1-3H3. The number of hydrogen-bond donors (Lipinski definition) is 0. The number of fused-ring (bicyclic) bond motifs is 1. The molecule has 2 aliphatic heterocycles. The molecule has 0 amide bonds. The number of para-hydroxylation sites is 1. The molecule has 2 saturated heterocycles. The van der Waals surface area contributed by atoms with Gasteiger partial charge in [0.15, 0.2) is 0 Å². The fraction of sp³-hybridized carbons (Fsp3) is 0.667. The van der Waals surface area contributed by atoms with Crippen LogP contribution in [0.25, 0.3) is 0 Å². The summed E-state index contributed by atoms with van der Waals surface area (Å²) in [6.45, 7) is 12.0. The Kier molecular flexibility index (Phi) is 3.76. The normalized spacial score (nSPS) is 24.6. The van der Waals surface area contributed by atoms with E-state index in [-0.39, 0.29) is 5.41 Å². The minimum absolute atomic E-state index is 0.220. The summed E-state index contributed by atoms with van der Waals surface area (Å²) < 4.78 is 0. The third kappa shape index (κ3) is 2.71. The second-order valence-corrected chi connectivity index (χ2v) is 7.40. The molecule has 2 fully saturated rings. The minimum Gasteiger partial charge on any atom is -0.370 e. The number of rotatable bonds is 1. The van der Waals surface area contributed by atoms with Crippen molar-refractivity contribution in [2.24, 2.45) is 0 Å². The van der Waals surface area contributed by atoms with E-state index < -0.39 is 0 Å². The van der Waals surface area contributed by atoms with Crippen LogP contribution in [0.4, 0.5) is 5.69 Å². The molecule has 110 valence electrons. The van der Waals surface area contributed by atoms with Gasteiger partial charge in [-0.2, -0.15) is 0 Å². The second-order valence-electron chi connectivity index (χ2n) is 7.40. The maximum absolute atomic E-state index is 2.71. The Morgan fingerprint density at radius 1 is 1.00 bits per heavy atom. The average Bonchev–Trinajstić information content (AvgIpc) is 2.75. The first kappa shape index (κ1) is 13.9. The van der Waals surface area contributed by atoms with E-state index in [1.807, 2.05) is 0 Å². The molecule has 0 aliphatic carbocycles. The lowest BCUT2D eigenvalue weighted by Gasteiger charge is -2.32. The van der Waals surface area contributed by atoms with E-state index in [0.29, 0.717) is 0 Å². The Bertz CT molecular complexity index is 461. The van der Waals surface area contributed by atoms with Gasteiger partial charge in [0, 0.05) is 31.4 Å². The minimum atomic E-state index is 0.220. The van der Waals surface area contributed by atoms with Crippen molar-refractivity contribution in [2.75, 3.05) is 31.1 Å². The van der Waals surface area contributed by atoms with E-state index in [4.69, 9.17) is 0 Å². The lowest BCUT2D eigenvalue weighted by molar-refractivity contribution is 0.273. The highest BCUT2D eigenvalue weighted by Gasteiger charge is 2.30. The predicted molar refractivity (Wildman–Crippen MR) is 86.6 cm³/mol. The zero-order valence-corrected chi connectivity index (χ0v) is 13.2. The molecule has 2 heterocycles. The van der Waals surface area contributed by atoms with Gasteiger partial charge >= 0.3 is 0 Å². The molecule has 2 heteroatoms. The van der Waals surface area contributed by atoms with Crippen molar-refractivity contribution < 1.29 is 0 Å². The van der Waals surface area contributed by atoms with Crippen LogP contribution in [0.15, 0.2) is 24.3 Å². The molecule has 2 aliphatic rings. The monoisotopic (exact) mass is 272 g/mol. The van der Waals surface area contributed by atoms with E-state index in [1.54, 1.807) is 0 Å². The molecule has 2 nitrogen and oxygen atoms in total. The number of hydrogen-bond acceptors (Lipinski definition) is 2. The van der Waals surface area contributed by atoms with E-state index in [0.717, 1.165) is 6.04 Å². The van der Waals surface area contributed by atoms with Gasteiger partial charge in [-0.25, -0.2) is 0 Å². The molecule has 0 aromatic heterocycles. The molecular weight excluding hydrogens is 244 g/mol. The topological polar surface area (TPSA) is 6.48 Å². The SMILES string of the molecule is CC(C)(C)c1ccccc1N1CCCN2CCCC2C1. The molecule has 0 radical (unpaired) electrons. The molecule has 0 bridgehead atoms. The van der Waals surface area contributed by atoms with E-state index in [9.17, 15) is 0 Å². The lowest BCUT2D eigenvalue weighted by atomic mass is 9.85. The summed E-state index contributed by atoms with van der Waals surface area (Å²) in [6, 6.07) is 9.80. The number of anilines is 1. The highest BCUT2D eigenvalue weighted by Crippen LogP contribution is 2.33. The van der Waals surface area contributed by atoms with E-state index >= 15 is 0 Å². The highest BCUT2D eigenvalue weighted by atomic mass is 15.3. The van der Waals surface area contributed by atoms with Gasteiger partial charge in [-0.3, -0.25) is 4.90 Å². The van der Waals surface area contributed by atoms with Gasteiger partial charge in [-0.1, -0.05) is 39.0 Å². The molecule has 3 rings (SSSR count). The third-order valence-electron chi connectivity index (χ3n) is 4.86. The summed E-state index contributed by atoms with van der Waals surface area (Å²) in [6.07, 6.45) is 4.07. The Labute approximate surface area is 123 Å². The Balaban J connectivity index is 1.88. The van der Waals surface area contributed by atoms with Crippen molar-refractivity contribution in [3.63, 3.8) is 0 Å². The van der Waals surface area contributed by atoms with Gasteiger partial charge in [0.05, 0.1) is 0 Å². The molecule has 1 atom stereocenters. The summed E-state index contributed by atoms with van der Waals surface area (Å²) in [7, 11) is 0. The van der Waals surface area contributed by atoms with Crippen LogP contribution in [0.3, 0.4) is 0 Å². The Morgan fingerprint density at radius 2 is 1.75 bits per heavy atom. The van der Waals surface area contributed by atoms with Gasteiger partial charge in [0.2, 0.25) is 0 Å². The van der Waals surface area contributed by atoms with Gasteiger partial charge in [-0.05, 0) is 42.9 Å². The summed E-state index contributed by atoms with van der Waals surface area (Å²) in [5, 5.41) is 0. The fourth-order valence-corrected chi connectivity index (χ4v) is 3.81. The first-order chi connectivity index (χ1) is 9.55. The highest BCUT2D eigenvalue weighted by molar-refractivity contribution is 5.56. The Morgan fingerprint density at radius 3 is 2.55 bits per heavy atom. The van der Waals surface area contributed by atoms with E-state index in [1.165, 1.54) is 56.7 Å². The van der Waals surface area contributed by atoms with Crippen LogP contribution in [0.1, 0.15) is 45.6 Å². The molecule has 0 saturated carbocycles. The first-order valence-electron chi connectivity index (χ1n) is 8.14. The van der Waals surface area contributed by atoms with Crippen LogP contribution in [-0.4, -0.2) is 37.1 Å². The van der Waals surface area contributed by atoms with Gasteiger partial charge in [0.25, 0.3) is 0 Å². The van der Waals surface area contributed by atoms with Crippen molar-refractivity contribution >= 4 is 5.69 Å². The quantitative estimate of drug-likeness (QED) is 0.770. The third-order valence-corrected chi connectivity index (χ3v) is 4.86. The Hall–Kier alpha value is -1.02. The van der Waals surface area contributed by atoms with Gasteiger partial charge < -0.3 is 4.90 Å². The summed E-state index contributed by atoms with van der Waals surface area (Å²) in [4.78, 5) is 5.36. The van der Waals surface area contributed by atoms with Crippen molar-refractivity contribution in [3.8, 4) is 0 Å². The molecular formula is C18H28N2. The maximum Gasteiger partial charge on any atom is 0.0404 e. The molecule has 20 heavy (non-hydrogen) atoms. The predicted octanol–water partition coefficient (Wildman–Crippen LogP) is 3.66. The second kappa shape index (κ2) is 5.40. The van der Waals surface area contributed by atoms with Crippen molar-refractivity contribution in [2.45, 2.75) is 51.5 Å². The first-order valence-corrected chi connectivity index (χ1v) is 8.14. The summed E-state index contributed by atoms with van der Waals surface area (Å²) in [5.41, 5.74) is 3.18. The average molecular weight is 272 g/mol. The zero-order chi connectivity index (χ0) is 14.2. The lowest BCUT2D eigenvalue weighted by Crippen LogP contribution is -2.37. The van der Waals surface area contributed by atoms with Crippen LogP contribution < -0.4 is 4.90 Å². The maximum atomic E-state index is 2.71. The smallest absolute Gasteiger partial charge is 0.0404 e. The van der Waals surface area contributed by atoms with Crippen LogP contribution in [0.5, 0.6) is 0 Å². The molecule has 1 aromatic rings. The van der Waals surface area contributed by atoms with Crippen molar-refractivity contribution in [3.05, 3.63) is 29.8 Å². The zero-order valence-electron chi connectivity index (χ0n) is 13.2. The van der Waals surface area contributed by atoms with Crippen molar-refractivity contribution in [1.82, 2.24) is 4.90 Å². The van der Waals surface area contributed by atoms with Crippen LogP contribution >= 0.6 is 0 Å². The van der Waals surface area contributed by atoms with Gasteiger partial charge in [0.1, 0.15) is 0 Å². The molecule has 1 aromatic carbocycles. The van der Waals surface area contributed by atoms with Crippen LogP contribution in [0.2, 0.25) is 0 Å². The van der Waals surface area contributed by atoms with Crippen LogP contribution in [-0.2, 0) is 5.41 Å². The van der Waals surface area contributed by atoms with E-state index in [2.05, 4.69) is 54.8 Å². The summed E-state index contributed by atoms with van der Waals surface area (Å²) >= 11 is 0. The molecule has 1 unspecified atom stereocenters. The number of nitrogens with zero attached hydrogens (tertiary/aromatic N) is 2. The van der Waals surface area contributed by atoms with Crippen LogP contribution in [0, 0.1) is 0 Å².